The summed E-state index contributed by atoms with van der Waals surface area (Å²) in [6.07, 6.45) is 1.64. The second kappa shape index (κ2) is 4.16. The van der Waals surface area contributed by atoms with Crippen LogP contribution in [0.2, 0.25) is 0 Å². The number of aromatic nitrogens is 2. The van der Waals surface area contributed by atoms with E-state index in [4.69, 9.17) is 0 Å². The molecule has 0 aliphatic carbocycles. The lowest BCUT2D eigenvalue weighted by Crippen LogP contribution is -2.13. The van der Waals surface area contributed by atoms with Crippen molar-refractivity contribution in [1.29, 1.82) is 0 Å². The third kappa shape index (κ3) is 2.10. The largest absolute Gasteiger partial charge is 0.306 e. The van der Waals surface area contributed by atoms with Crippen LogP contribution >= 0.6 is 27.3 Å². The van der Waals surface area contributed by atoms with Crippen LogP contribution in [0, 0.1) is 0 Å². The predicted octanol–water partition coefficient (Wildman–Crippen LogP) is 2.50. The molecule has 2 heterocycles. The van der Waals surface area contributed by atoms with Crippen LogP contribution in [0.4, 0.5) is 5.82 Å². The van der Waals surface area contributed by atoms with E-state index in [1.807, 2.05) is 11.4 Å². The number of amides is 1. The zero-order valence-corrected chi connectivity index (χ0v) is 10.3. The normalized spacial score (nSPS) is 10.3. The second-order valence-corrected chi connectivity index (χ2v) is 4.66. The zero-order valence-electron chi connectivity index (χ0n) is 7.90. The lowest BCUT2D eigenvalue weighted by molar-refractivity contribution is 0.102. The summed E-state index contributed by atoms with van der Waals surface area (Å²) in [4.78, 5) is 12.4. The minimum absolute atomic E-state index is 0.125. The topological polar surface area (TPSA) is 46.9 Å². The van der Waals surface area contributed by atoms with Crippen molar-refractivity contribution in [3.8, 4) is 0 Å². The van der Waals surface area contributed by atoms with Gasteiger partial charge in [-0.25, -0.2) is 0 Å². The summed E-state index contributed by atoms with van der Waals surface area (Å²) in [7, 11) is 1.78. The fourth-order valence-corrected chi connectivity index (χ4v) is 2.57. The highest BCUT2D eigenvalue weighted by Gasteiger charge is 2.12. The summed E-state index contributed by atoms with van der Waals surface area (Å²) in [5.74, 6) is 0.556. The van der Waals surface area contributed by atoms with E-state index in [0.29, 0.717) is 10.7 Å². The highest BCUT2D eigenvalue weighted by Crippen LogP contribution is 2.23. The molecule has 15 heavy (non-hydrogen) atoms. The Balaban J connectivity index is 2.18. The molecule has 2 rings (SSSR count). The maximum atomic E-state index is 11.8. The predicted molar refractivity (Wildman–Crippen MR) is 63.2 cm³/mol. The lowest BCUT2D eigenvalue weighted by atomic mass is 10.4. The van der Waals surface area contributed by atoms with Gasteiger partial charge in [0.1, 0.15) is 10.7 Å². The van der Waals surface area contributed by atoms with E-state index in [9.17, 15) is 4.79 Å². The number of hydrogen-bond acceptors (Lipinski definition) is 3. The van der Waals surface area contributed by atoms with Crippen LogP contribution < -0.4 is 5.32 Å². The third-order valence-electron chi connectivity index (χ3n) is 1.89. The van der Waals surface area contributed by atoms with Gasteiger partial charge in [-0.2, -0.15) is 5.10 Å². The average molecular weight is 286 g/mol. The summed E-state index contributed by atoms with van der Waals surface area (Å²) in [6, 6.07) is 3.60. The minimum Gasteiger partial charge on any atom is -0.306 e. The molecule has 0 aromatic carbocycles. The van der Waals surface area contributed by atoms with Gasteiger partial charge in [0, 0.05) is 17.6 Å². The molecular formula is C9H8BrN3OS. The number of carbonyl (C=O) groups is 1. The van der Waals surface area contributed by atoms with Gasteiger partial charge in [0.15, 0.2) is 0 Å². The molecule has 0 aliphatic rings. The van der Waals surface area contributed by atoms with Gasteiger partial charge in [0.05, 0.1) is 6.20 Å². The average Bonchev–Trinajstić information content (AvgIpc) is 2.76. The number of nitrogens with one attached hydrogen (secondary N) is 1. The standard InChI is InChI=1S/C9H8BrN3OS/c1-13-7(2-4-11-13)12-9(14)8-6(10)3-5-15-8/h2-5H,1H3,(H,12,14). The molecule has 1 N–H and O–H groups in total. The molecule has 0 aliphatic heterocycles. The van der Waals surface area contributed by atoms with Gasteiger partial charge in [-0.3, -0.25) is 9.48 Å². The van der Waals surface area contributed by atoms with Crippen LogP contribution in [0.5, 0.6) is 0 Å². The van der Waals surface area contributed by atoms with Crippen LogP contribution in [0.3, 0.4) is 0 Å². The van der Waals surface area contributed by atoms with Gasteiger partial charge in [-0.1, -0.05) is 0 Å². The molecule has 0 saturated carbocycles. The van der Waals surface area contributed by atoms with Crippen molar-refractivity contribution >= 4 is 39.0 Å². The number of thiophene rings is 1. The van der Waals surface area contributed by atoms with Gasteiger partial charge in [0.25, 0.3) is 5.91 Å². The maximum Gasteiger partial charge on any atom is 0.268 e. The number of nitrogens with zero attached hydrogens (tertiary/aromatic N) is 2. The molecule has 0 spiro atoms. The highest BCUT2D eigenvalue weighted by molar-refractivity contribution is 9.10. The minimum atomic E-state index is -0.125. The monoisotopic (exact) mass is 285 g/mol. The molecular weight excluding hydrogens is 278 g/mol. The summed E-state index contributed by atoms with van der Waals surface area (Å²) >= 11 is 4.71. The lowest BCUT2D eigenvalue weighted by Gasteiger charge is -2.03. The van der Waals surface area contributed by atoms with E-state index in [2.05, 4.69) is 26.3 Å². The van der Waals surface area contributed by atoms with E-state index >= 15 is 0 Å². The molecule has 2 aromatic rings. The van der Waals surface area contributed by atoms with Crippen molar-refractivity contribution in [1.82, 2.24) is 9.78 Å². The van der Waals surface area contributed by atoms with E-state index in [1.165, 1.54) is 11.3 Å². The van der Waals surface area contributed by atoms with Crippen LogP contribution in [-0.4, -0.2) is 15.7 Å². The fraction of sp³-hybridized carbons (Fsp3) is 0.111. The first kappa shape index (κ1) is 10.4. The van der Waals surface area contributed by atoms with Crippen LogP contribution in [0.1, 0.15) is 9.67 Å². The first-order valence-corrected chi connectivity index (χ1v) is 5.88. The summed E-state index contributed by atoms with van der Waals surface area (Å²) in [5.41, 5.74) is 0. The summed E-state index contributed by atoms with van der Waals surface area (Å²) < 4.78 is 2.42. The molecule has 0 fully saturated rings. The van der Waals surface area contributed by atoms with Gasteiger partial charge in [-0.15, -0.1) is 11.3 Å². The Labute approximate surface area is 99.0 Å². The van der Waals surface area contributed by atoms with Crippen molar-refractivity contribution in [2.24, 2.45) is 7.05 Å². The van der Waals surface area contributed by atoms with E-state index in [1.54, 1.807) is 24.0 Å². The fourth-order valence-electron chi connectivity index (χ4n) is 1.13. The molecule has 2 aromatic heterocycles. The highest BCUT2D eigenvalue weighted by atomic mass is 79.9. The van der Waals surface area contributed by atoms with E-state index in [-0.39, 0.29) is 5.91 Å². The number of anilines is 1. The van der Waals surface area contributed by atoms with Crippen LogP contribution in [-0.2, 0) is 7.05 Å². The smallest absolute Gasteiger partial charge is 0.268 e. The van der Waals surface area contributed by atoms with Crippen molar-refractivity contribution in [3.63, 3.8) is 0 Å². The summed E-state index contributed by atoms with van der Waals surface area (Å²) in [6.45, 7) is 0. The van der Waals surface area contributed by atoms with Crippen molar-refractivity contribution < 1.29 is 4.79 Å². The Bertz CT molecular complexity index is 491. The number of rotatable bonds is 2. The third-order valence-corrected chi connectivity index (χ3v) is 3.72. The van der Waals surface area contributed by atoms with Gasteiger partial charge < -0.3 is 5.32 Å². The molecule has 0 radical (unpaired) electrons. The second-order valence-electron chi connectivity index (χ2n) is 2.89. The number of hydrogen-bond donors (Lipinski definition) is 1. The Morgan fingerprint density at radius 2 is 2.40 bits per heavy atom. The van der Waals surface area contributed by atoms with Gasteiger partial charge in [-0.05, 0) is 27.4 Å². The molecule has 0 bridgehead atoms. The molecule has 78 valence electrons. The van der Waals surface area contributed by atoms with E-state index in [0.717, 1.165) is 4.47 Å². The molecule has 0 saturated heterocycles. The SMILES string of the molecule is Cn1nccc1NC(=O)c1sccc1Br. The van der Waals surface area contributed by atoms with Gasteiger partial charge in [0.2, 0.25) is 0 Å². The Hall–Kier alpha value is -1.14. The zero-order chi connectivity index (χ0) is 10.8. The number of carbonyl (C=O) groups excluding carboxylic acids is 1. The van der Waals surface area contributed by atoms with Crippen LogP contribution in [0.15, 0.2) is 28.2 Å². The Kier molecular flexibility index (Phi) is 2.88. The molecule has 0 unspecified atom stereocenters. The molecule has 4 nitrogen and oxygen atoms in total. The van der Waals surface area contributed by atoms with Crippen molar-refractivity contribution in [2.45, 2.75) is 0 Å². The molecule has 6 heteroatoms. The Morgan fingerprint density at radius 3 is 2.93 bits per heavy atom. The number of halogens is 1. The molecule has 0 atom stereocenters. The first-order chi connectivity index (χ1) is 7.18. The van der Waals surface area contributed by atoms with Crippen LogP contribution in [0.25, 0.3) is 0 Å². The quantitative estimate of drug-likeness (QED) is 0.922. The maximum absolute atomic E-state index is 11.8. The number of aryl methyl sites for hydroxylation is 1. The first-order valence-electron chi connectivity index (χ1n) is 4.21. The summed E-state index contributed by atoms with van der Waals surface area (Å²) in [5, 5.41) is 8.61. The van der Waals surface area contributed by atoms with Crippen molar-refractivity contribution in [2.75, 3.05) is 5.32 Å². The van der Waals surface area contributed by atoms with E-state index < -0.39 is 0 Å². The van der Waals surface area contributed by atoms with Gasteiger partial charge >= 0.3 is 0 Å². The molecule has 1 amide bonds. The van der Waals surface area contributed by atoms with Crippen molar-refractivity contribution in [3.05, 3.63) is 33.1 Å². The Morgan fingerprint density at radius 1 is 1.60 bits per heavy atom.